The molecule has 2 aromatic carbocycles. The topological polar surface area (TPSA) is 98.2 Å². The number of rotatable bonds is 7. The highest BCUT2D eigenvalue weighted by molar-refractivity contribution is 5.94. The number of hydrogen-bond donors (Lipinski definition) is 2. The summed E-state index contributed by atoms with van der Waals surface area (Å²) in [5.74, 6) is 1.21. The second kappa shape index (κ2) is 9.22. The van der Waals surface area contributed by atoms with Gasteiger partial charge in [-0.05, 0) is 47.5 Å². The number of methoxy groups -OCH3 is 1. The lowest BCUT2D eigenvalue weighted by Crippen LogP contribution is -2.34. The Balaban J connectivity index is 1.40. The molecular weight excluding hydrogens is 362 g/mol. The molecule has 0 unspecified atom stereocenters. The van der Waals surface area contributed by atoms with Gasteiger partial charge in [-0.2, -0.15) is 5.10 Å². The minimum absolute atomic E-state index is 0.190. The monoisotopic (exact) mass is 381 g/mol. The fourth-order valence-corrected chi connectivity index (χ4v) is 2.33. The van der Waals surface area contributed by atoms with Crippen LogP contribution in [0.4, 0.5) is 0 Å². The van der Waals surface area contributed by atoms with E-state index in [1.54, 1.807) is 43.5 Å². The van der Waals surface area contributed by atoms with Crippen molar-refractivity contribution in [3.05, 3.63) is 59.7 Å². The second-order valence-electron chi connectivity index (χ2n) is 5.73. The molecule has 2 aromatic rings. The molecule has 0 aromatic heterocycles. The Hall–Kier alpha value is -3.81. The van der Waals surface area contributed by atoms with E-state index < -0.39 is 5.91 Å². The zero-order chi connectivity index (χ0) is 19.8. The van der Waals surface area contributed by atoms with Crippen LogP contribution >= 0.6 is 0 Å². The molecule has 2 N–H and O–H groups in total. The number of carbonyl (C=O) groups excluding carboxylic acids is 2. The average Bonchev–Trinajstić information content (AvgIpc) is 3.19. The summed E-state index contributed by atoms with van der Waals surface area (Å²) in [6.07, 6.45) is 4.47. The van der Waals surface area contributed by atoms with Crippen molar-refractivity contribution in [3.8, 4) is 17.2 Å². The molecular formula is C20H19N3O5. The molecule has 8 nitrogen and oxygen atoms in total. The quantitative estimate of drug-likeness (QED) is 0.432. The van der Waals surface area contributed by atoms with E-state index in [0.29, 0.717) is 11.5 Å². The minimum Gasteiger partial charge on any atom is -0.497 e. The van der Waals surface area contributed by atoms with Crippen molar-refractivity contribution in [2.45, 2.75) is 0 Å². The highest BCUT2D eigenvalue weighted by atomic mass is 16.7. The Morgan fingerprint density at radius 2 is 1.86 bits per heavy atom. The number of fused-ring (bicyclic) bond motifs is 1. The zero-order valence-corrected chi connectivity index (χ0v) is 15.2. The van der Waals surface area contributed by atoms with E-state index in [0.717, 1.165) is 16.9 Å². The summed E-state index contributed by atoms with van der Waals surface area (Å²) < 4.78 is 15.6. The highest BCUT2D eigenvalue weighted by Gasteiger charge is 2.12. The first-order chi connectivity index (χ1) is 13.6. The van der Waals surface area contributed by atoms with E-state index in [2.05, 4.69) is 15.8 Å². The maximum absolute atomic E-state index is 11.8. The summed E-state index contributed by atoms with van der Waals surface area (Å²) in [6.45, 7) is 0.00351. The largest absolute Gasteiger partial charge is 0.497 e. The van der Waals surface area contributed by atoms with Gasteiger partial charge in [0.2, 0.25) is 12.7 Å². The lowest BCUT2D eigenvalue weighted by Gasteiger charge is -2.02. The predicted molar refractivity (Wildman–Crippen MR) is 103 cm³/mol. The van der Waals surface area contributed by atoms with Crippen molar-refractivity contribution in [1.82, 2.24) is 10.7 Å². The van der Waals surface area contributed by atoms with Gasteiger partial charge in [0, 0.05) is 6.08 Å². The molecule has 1 heterocycles. The first-order valence-corrected chi connectivity index (χ1v) is 8.45. The maximum atomic E-state index is 11.8. The molecule has 144 valence electrons. The molecule has 0 aliphatic carbocycles. The molecule has 0 saturated heterocycles. The number of ether oxygens (including phenoxy) is 3. The molecule has 0 saturated carbocycles. The Morgan fingerprint density at radius 3 is 2.64 bits per heavy atom. The van der Waals surface area contributed by atoms with E-state index in [9.17, 15) is 9.59 Å². The van der Waals surface area contributed by atoms with Gasteiger partial charge >= 0.3 is 0 Å². The van der Waals surface area contributed by atoms with Crippen molar-refractivity contribution in [1.29, 1.82) is 0 Å². The van der Waals surface area contributed by atoms with Gasteiger partial charge in [-0.25, -0.2) is 5.43 Å². The molecule has 28 heavy (non-hydrogen) atoms. The van der Waals surface area contributed by atoms with Gasteiger partial charge in [0.05, 0.1) is 19.9 Å². The van der Waals surface area contributed by atoms with E-state index in [4.69, 9.17) is 14.2 Å². The fourth-order valence-electron chi connectivity index (χ4n) is 2.33. The number of nitrogens with one attached hydrogen (secondary N) is 2. The number of nitrogens with zero attached hydrogens (tertiary/aromatic N) is 1. The molecule has 3 rings (SSSR count). The van der Waals surface area contributed by atoms with Crippen molar-refractivity contribution < 1.29 is 23.8 Å². The summed E-state index contributed by atoms with van der Waals surface area (Å²) in [5.41, 5.74) is 3.93. The van der Waals surface area contributed by atoms with Crippen LogP contribution < -0.4 is 25.0 Å². The number of hydrogen-bond acceptors (Lipinski definition) is 6. The third kappa shape index (κ3) is 5.34. The van der Waals surface area contributed by atoms with E-state index in [-0.39, 0.29) is 19.2 Å². The molecule has 0 radical (unpaired) electrons. The van der Waals surface area contributed by atoms with Gasteiger partial charge in [0.15, 0.2) is 11.5 Å². The zero-order valence-electron chi connectivity index (χ0n) is 15.2. The van der Waals surface area contributed by atoms with Crippen LogP contribution in [0.15, 0.2) is 53.6 Å². The smallest absolute Gasteiger partial charge is 0.259 e. The van der Waals surface area contributed by atoms with Crippen molar-refractivity contribution in [2.24, 2.45) is 5.10 Å². The molecule has 0 atom stereocenters. The van der Waals surface area contributed by atoms with Crippen LogP contribution in [0.5, 0.6) is 17.2 Å². The molecule has 0 fully saturated rings. The Morgan fingerprint density at radius 1 is 1.11 bits per heavy atom. The number of hydrazone groups is 1. The summed E-state index contributed by atoms with van der Waals surface area (Å²) in [6, 6.07) is 12.5. The lowest BCUT2D eigenvalue weighted by molar-refractivity contribution is -0.123. The highest BCUT2D eigenvalue weighted by Crippen LogP contribution is 2.31. The molecule has 0 bridgehead atoms. The SMILES string of the molecule is COc1ccc(/C=C/C(=O)NCC(=O)N/N=C\c2ccc3c(c2)OCO3)cc1. The van der Waals surface area contributed by atoms with Crippen molar-refractivity contribution in [2.75, 3.05) is 20.4 Å². The van der Waals surface area contributed by atoms with E-state index in [1.165, 1.54) is 12.3 Å². The number of benzene rings is 2. The first kappa shape index (κ1) is 19.0. The third-order valence-electron chi connectivity index (χ3n) is 3.77. The van der Waals surface area contributed by atoms with Gasteiger partial charge in [-0.15, -0.1) is 0 Å². The van der Waals surface area contributed by atoms with E-state index >= 15 is 0 Å². The Labute approximate surface area is 161 Å². The fraction of sp³-hybridized carbons (Fsp3) is 0.150. The minimum atomic E-state index is -0.441. The molecule has 2 amide bonds. The Kier molecular flexibility index (Phi) is 6.25. The van der Waals surface area contributed by atoms with Crippen molar-refractivity contribution >= 4 is 24.1 Å². The standard InChI is InChI=1S/C20H19N3O5/c1-26-16-6-2-14(3-7-16)5-9-19(24)21-12-20(25)23-22-11-15-4-8-17-18(10-15)28-13-27-17/h2-11H,12-13H2,1H3,(H,21,24)(H,23,25)/b9-5+,22-11-. The first-order valence-electron chi connectivity index (χ1n) is 8.45. The molecule has 1 aliphatic heterocycles. The van der Waals surface area contributed by atoms with Gasteiger partial charge in [0.25, 0.3) is 5.91 Å². The van der Waals surface area contributed by atoms with Crippen LogP contribution in [0.25, 0.3) is 6.08 Å². The summed E-state index contributed by atoms with van der Waals surface area (Å²) in [7, 11) is 1.59. The lowest BCUT2D eigenvalue weighted by atomic mass is 10.2. The van der Waals surface area contributed by atoms with Crippen LogP contribution in [0.2, 0.25) is 0 Å². The Bertz CT molecular complexity index is 907. The normalized spacial score (nSPS) is 12.3. The van der Waals surface area contributed by atoms with Crippen LogP contribution in [0.1, 0.15) is 11.1 Å². The summed E-state index contributed by atoms with van der Waals surface area (Å²) >= 11 is 0. The van der Waals surface area contributed by atoms with Gasteiger partial charge in [-0.1, -0.05) is 12.1 Å². The average molecular weight is 381 g/mol. The van der Waals surface area contributed by atoms with Crippen LogP contribution in [0, 0.1) is 0 Å². The summed E-state index contributed by atoms with van der Waals surface area (Å²) in [5, 5.41) is 6.34. The summed E-state index contributed by atoms with van der Waals surface area (Å²) in [4.78, 5) is 23.5. The van der Waals surface area contributed by atoms with E-state index in [1.807, 2.05) is 12.1 Å². The van der Waals surface area contributed by atoms with Gasteiger partial charge in [-0.3, -0.25) is 9.59 Å². The number of amides is 2. The predicted octanol–water partition coefficient (Wildman–Crippen LogP) is 1.70. The molecule has 1 aliphatic rings. The van der Waals surface area contributed by atoms with Gasteiger partial charge in [0.1, 0.15) is 5.75 Å². The number of carbonyl (C=O) groups is 2. The van der Waals surface area contributed by atoms with Crippen LogP contribution in [-0.4, -0.2) is 38.5 Å². The van der Waals surface area contributed by atoms with Crippen molar-refractivity contribution in [3.63, 3.8) is 0 Å². The third-order valence-corrected chi connectivity index (χ3v) is 3.77. The van der Waals surface area contributed by atoms with Gasteiger partial charge < -0.3 is 19.5 Å². The second-order valence-corrected chi connectivity index (χ2v) is 5.73. The molecule has 8 heteroatoms. The van der Waals surface area contributed by atoms with Crippen LogP contribution in [0.3, 0.4) is 0 Å². The molecule has 0 spiro atoms. The maximum Gasteiger partial charge on any atom is 0.259 e. The van der Waals surface area contributed by atoms with Crippen LogP contribution in [-0.2, 0) is 9.59 Å².